The summed E-state index contributed by atoms with van der Waals surface area (Å²) in [5, 5.41) is 29.3. The van der Waals surface area contributed by atoms with Crippen molar-refractivity contribution in [1.29, 1.82) is 0 Å². The van der Waals surface area contributed by atoms with E-state index >= 15 is 0 Å². The number of likely N-dealkylation sites (tertiary alicyclic amines) is 2. The van der Waals surface area contributed by atoms with E-state index in [2.05, 4.69) is 57.8 Å². The second-order valence-corrected chi connectivity index (χ2v) is 36.7. The molecule has 8 aliphatic rings. The van der Waals surface area contributed by atoms with Gasteiger partial charge < -0.3 is 89.7 Å². The standard InChI is InChI=1S/C37H50ClN5O9.C31H42BrN3O9S.C13H15ClN2O3.CH4/c1-7-21-17-37(21,34(46)47)42-32(44)25-15-23(51-27-16-28(39-10-11-49-5)40-30-24(27)8-9-26(50-6)29(30)38)18-43(25)33(45)31(36(2,3)4)41-35(48)52-22-13-19-12-20(19)14-22;1-6-19-15-31(19,28(38)42-5)34-26(36)24-14-22(44-45(40,41)23-9-7-20(32)8-10-23)16-35(24)27(37)25(30(2,3)4)33-29(39)43-21-12-17-11-18(17)13-21;1-18-6-5-15-11-7-9(17)8-3-4-10(19-2)12(14)13(8)16-11;/h8-9,16,19-23,25,31H,7,10-15,17-18H2,1-6H3,(H,39,40)(H,41,48)(H,42,44)(H,46,47);7-10,17-19,21-22,24-25H,6,11-16H2,1-5H3,(H,33,39)(H,34,36);3-4,7H,5-6H2,1-2H3,(H2,15,16,17);1H4/t19-,20+,21-,22?,23-,25+,31-,37-;17-,18+,19-,21?,22+,24+,25-,31-;;/m11../s1. The van der Waals surface area contributed by atoms with Crippen LogP contribution in [0.3, 0.4) is 0 Å². The predicted molar refractivity (Wildman–Crippen MR) is 441 cm³/mol. The highest BCUT2D eigenvalue weighted by molar-refractivity contribution is 9.10. The van der Waals surface area contributed by atoms with E-state index in [0.29, 0.717) is 136 Å². The third kappa shape index (κ3) is 21.0. The van der Waals surface area contributed by atoms with Gasteiger partial charge in [0.15, 0.2) is 5.43 Å². The number of carboxylic acids is 1. The lowest BCUT2D eigenvalue weighted by molar-refractivity contribution is -0.148. The largest absolute Gasteiger partial charge is 0.495 e. The molecule has 16 atom stereocenters. The molecule has 31 nitrogen and oxygen atoms in total. The summed E-state index contributed by atoms with van der Waals surface area (Å²) in [4.78, 5) is 130. The number of carboxylic acid groups (broad SMARTS) is 1. The Hall–Kier alpha value is -8.47. The number of nitrogens with zero attached hydrogens (tertiary/aromatic N) is 3. The Morgan fingerprint density at radius 2 is 1.10 bits per heavy atom. The van der Waals surface area contributed by atoms with E-state index in [1.54, 1.807) is 77.5 Å². The molecule has 0 spiro atoms. The van der Waals surface area contributed by atoms with Crippen LogP contribution in [0.25, 0.3) is 21.8 Å². The van der Waals surface area contributed by atoms with Crippen LogP contribution in [0.5, 0.6) is 17.2 Å². The molecule has 642 valence electrons. The maximum absolute atomic E-state index is 14.5. The number of hydrogen-bond donors (Lipinski definition) is 8. The van der Waals surface area contributed by atoms with Crippen LogP contribution in [0, 0.1) is 46.3 Å². The van der Waals surface area contributed by atoms with E-state index in [9.17, 15) is 56.7 Å². The molecule has 4 heterocycles. The number of methoxy groups -OCH3 is 5. The fourth-order valence-electron chi connectivity index (χ4n) is 16.5. The van der Waals surface area contributed by atoms with Crippen LogP contribution in [0.4, 0.5) is 21.2 Å². The number of aromatic amines is 1. The summed E-state index contributed by atoms with van der Waals surface area (Å²) >= 11 is 16.2. The van der Waals surface area contributed by atoms with Gasteiger partial charge in [0.25, 0.3) is 10.1 Å². The van der Waals surface area contributed by atoms with Crippen LogP contribution in [0.2, 0.25) is 10.0 Å². The van der Waals surface area contributed by atoms with Crippen molar-refractivity contribution in [3.05, 3.63) is 85.4 Å². The minimum Gasteiger partial charge on any atom is -0.495 e. The van der Waals surface area contributed by atoms with Crippen molar-refractivity contribution in [2.75, 3.05) is 85.6 Å². The molecule has 8 fully saturated rings. The van der Waals surface area contributed by atoms with E-state index in [1.807, 2.05) is 34.6 Å². The fourth-order valence-corrected chi connectivity index (χ4v) is 18.4. The lowest BCUT2D eigenvalue weighted by atomic mass is 9.85. The lowest BCUT2D eigenvalue weighted by Gasteiger charge is -2.35. The summed E-state index contributed by atoms with van der Waals surface area (Å²) in [5.74, 6) is 0.513. The van der Waals surface area contributed by atoms with Gasteiger partial charge in [-0.1, -0.05) is 115 Å². The average Bonchev–Trinajstić information content (AvgIpc) is 1.59. The number of ether oxygens (including phenoxy) is 8. The van der Waals surface area contributed by atoms with Gasteiger partial charge >= 0.3 is 24.1 Å². The Labute approximate surface area is 700 Å². The molecule has 2 saturated heterocycles. The Morgan fingerprint density at radius 1 is 0.624 bits per heavy atom. The number of halogens is 3. The van der Waals surface area contributed by atoms with E-state index in [1.165, 1.54) is 62.2 Å². The van der Waals surface area contributed by atoms with Crippen molar-refractivity contribution in [3.63, 3.8) is 0 Å². The van der Waals surface area contributed by atoms with Crippen molar-refractivity contribution in [3.8, 4) is 17.2 Å². The maximum atomic E-state index is 14.5. The zero-order valence-corrected chi connectivity index (χ0v) is 71.5. The number of fused-ring (bicyclic) bond motifs is 4. The van der Waals surface area contributed by atoms with Gasteiger partial charge in [-0.2, -0.15) is 8.42 Å². The highest BCUT2D eigenvalue weighted by Crippen LogP contribution is 2.54. The Balaban J connectivity index is 0.000000202. The smallest absolute Gasteiger partial charge is 0.408 e. The summed E-state index contributed by atoms with van der Waals surface area (Å²) in [6, 6.07) is 11.6. The van der Waals surface area contributed by atoms with E-state index in [0.717, 1.165) is 25.7 Å². The first kappa shape index (κ1) is 90.8. The molecule has 0 radical (unpaired) electrons. The second-order valence-electron chi connectivity index (χ2n) is 33.5. The van der Waals surface area contributed by atoms with Crippen LogP contribution in [-0.2, 0) is 66.8 Å². The van der Waals surface area contributed by atoms with E-state index in [4.69, 9.17) is 65.3 Å². The summed E-state index contributed by atoms with van der Waals surface area (Å²) in [6.45, 7) is 16.4. The number of alkyl carbamates (subject to hydrolysis) is 2. The number of aromatic nitrogens is 2. The normalized spacial score (nSPS) is 26.2. The highest BCUT2D eigenvalue weighted by atomic mass is 79.9. The monoisotopic (exact) mass is 1750 g/mol. The molecule has 5 aromatic rings. The minimum atomic E-state index is -4.25. The number of benzene rings is 3. The molecule has 2 aromatic heterocycles. The molecule has 2 aliphatic heterocycles. The predicted octanol–water partition coefficient (Wildman–Crippen LogP) is 11.0. The molecule has 3 aromatic carbocycles. The summed E-state index contributed by atoms with van der Waals surface area (Å²) in [5.41, 5.74) is -3.28. The fraction of sp³-hybridized carbons (Fsp3) is 0.610. The number of carbonyl (C=O) groups is 8. The molecule has 2 unspecified atom stereocenters. The van der Waals surface area contributed by atoms with Crippen molar-refractivity contribution < 1.29 is 94.0 Å². The number of hydrogen-bond acceptors (Lipinski definition) is 23. The zero-order valence-electron chi connectivity index (χ0n) is 67.6. The van der Waals surface area contributed by atoms with Crippen molar-refractivity contribution >= 4 is 130 Å². The molecular weight excluding hydrogens is 1640 g/mol. The number of esters is 1. The Bertz CT molecular complexity index is 4670. The van der Waals surface area contributed by atoms with E-state index < -0.39 is 116 Å². The lowest BCUT2D eigenvalue weighted by Crippen LogP contribution is -2.59. The van der Waals surface area contributed by atoms with E-state index in [-0.39, 0.29) is 72.7 Å². The third-order valence-corrected chi connectivity index (χ3v) is 25.9. The van der Waals surface area contributed by atoms with Crippen LogP contribution < -0.4 is 51.5 Å². The minimum absolute atomic E-state index is 0. The van der Waals surface area contributed by atoms with Crippen LogP contribution in [0.1, 0.15) is 140 Å². The topological polar surface area (TPSA) is 398 Å². The Morgan fingerprint density at radius 3 is 1.58 bits per heavy atom. The first-order valence-corrected chi connectivity index (χ1v) is 42.3. The average molecular weight is 1760 g/mol. The van der Waals surface area contributed by atoms with Crippen LogP contribution in [-0.4, -0.2) is 216 Å². The number of pyridine rings is 2. The van der Waals surface area contributed by atoms with Gasteiger partial charge in [0.1, 0.15) is 92.5 Å². The number of rotatable bonds is 29. The van der Waals surface area contributed by atoms with Gasteiger partial charge in [0, 0.05) is 74.1 Å². The zero-order chi connectivity index (χ0) is 84.3. The Kier molecular flexibility index (Phi) is 29.1. The maximum Gasteiger partial charge on any atom is 0.408 e. The SMILES string of the molecule is C.CC[C@@H]1C[C@]1(NC(=O)[C@@H]1C[C@@H](Oc2cc(NCCOC)nc3c(Cl)c(OC)ccc23)CN1C(=O)[C@@H](NC(=O)OC1C[C@@H]2C[C@@H]2C1)C(C)(C)C)C(=O)O.CC[C@@H]1C[C@]1(NC(=O)[C@@H]1C[C@H](OS(=O)(=O)c2ccc(Br)cc2)CN1C(=O)[C@@H](NC(=O)OC1C[C@@H]2C[C@@H]2C1)C(C)(C)C)C(=O)OC.COCCNc1cc(=O)c2ccc(OC)c(Cl)c2[nH]1. The van der Waals surface area contributed by atoms with Crippen LogP contribution >= 0.6 is 39.1 Å². The van der Waals surface area contributed by atoms with Gasteiger partial charge in [-0.05, 0) is 146 Å². The molecule has 6 saturated carbocycles. The van der Waals surface area contributed by atoms with Gasteiger partial charge in [-0.3, -0.25) is 28.2 Å². The van der Waals surface area contributed by atoms with Crippen molar-refractivity contribution in [1.82, 2.24) is 41.0 Å². The number of carbonyl (C=O) groups excluding carboxylic acids is 7. The molecule has 0 bridgehead atoms. The number of nitrogens with one attached hydrogen (secondary N) is 7. The van der Waals surface area contributed by atoms with Crippen molar-refractivity contribution in [2.45, 2.75) is 204 Å². The molecule has 6 amide bonds. The van der Waals surface area contributed by atoms with Gasteiger partial charge in [0.2, 0.25) is 23.6 Å². The quantitative estimate of drug-likeness (QED) is 0.00954. The molecule has 117 heavy (non-hydrogen) atoms. The van der Waals surface area contributed by atoms with Crippen molar-refractivity contribution in [2.24, 2.45) is 46.3 Å². The number of H-pyrrole nitrogens is 1. The highest BCUT2D eigenvalue weighted by Gasteiger charge is 2.64. The summed E-state index contributed by atoms with van der Waals surface area (Å²) in [6.07, 6.45) is 3.91. The van der Waals surface area contributed by atoms with Gasteiger partial charge in [-0.15, -0.1) is 0 Å². The van der Waals surface area contributed by atoms with Crippen LogP contribution in [0.15, 0.2) is 74.8 Å². The summed E-state index contributed by atoms with van der Waals surface area (Å²) < 4.78 is 76.2. The molecular formula is C82H111BrCl2N10O21S. The molecule has 6 aliphatic carbocycles. The third-order valence-electron chi connectivity index (χ3n) is 23.3. The number of amides is 6. The first-order chi connectivity index (χ1) is 54.9. The molecule has 35 heteroatoms. The number of anilines is 2. The van der Waals surface area contributed by atoms with Gasteiger partial charge in [-0.25, -0.2) is 24.2 Å². The summed E-state index contributed by atoms with van der Waals surface area (Å²) in [7, 11) is 3.25. The number of aliphatic carboxylic acids is 1. The first-order valence-electron chi connectivity index (χ1n) is 39.3. The molecule has 8 N–H and O–H groups in total. The molecule has 13 rings (SSSR count). The van der Waals surface area contributed by atoms with Gasteiger partial charge in [0.05, 0.1) is 63.1 Å². The second kappa shape index (κ2) is 37.4.